The van der Waals surface area contributed by atoms with Crippen molar-refractivity contribution in [2.75, 3.05) is 0 Å². The van der Waals surface area contributed by atoms with Crippen LogP contribution in [0.3, 0.4) is 0 Å². The quantitative estimate of drug-likeness (QED) is 0.130. The molecule has 16 aromatic carbocycles. The average Bonchev–Trinajstić information content (AvgIpc) is 1.52. The number of benzene rings is 16. The van der Waals surface area contributed by atoms with Gasteiger partial charge in [0.05, 0.1) is 75.5 Å². The lowest BCUT2D eigenvalue weighted by Gasteiger charge is -2.11. The zero-order valence-electron chi connectivity index (χ0n) is 96.8. The summed E-state index contributed by atoms with van der Waals surface area (Å²) in [5, 5.41) is -1.12. The molecular formula is C102H60N8O4. The Kier molecular flexibility index (Phi) is 8.38. The van der Waals surface area contributed by atoms with Gasteiger partial charge < -0.3 is 17.7 Å². The van der Waals surface area contributed by atoms with Crippen molar-refractivity contribution >= 4 is 131 Å². The molecule has 0 unspecified atom stereocenters. The predicted molar refractivity (Wildman–Crippen MR) is 461 cm³/mol. The zero-order chi connectivity index (χ0) is 109. The molecule has 0 fully saturated rings. The van der Waals surface area contributed by atoms with Crippen LogP contribution in [0.25, 0.3) is 233 Å². The second kappa shape index (κ2) is 26.0. The fourth-order valence-corrected chi connectivity index (χ4v) is 14.4. The lowest BCUT2D eigenvalue weighted by molar-refractivity contribution is 0.668. The van der Waals surface area contributed by atoms with Crippen molar-refractivity contribution in [3.63, 3.8) is 0 Å². The maximum Gasteiger partial charge on any atom is 0.238 e. The summed E-state index contributed by atoms with van der Waals surface area (Å²) in [7, 11) is 0. The Bertz CT molecular complexity index is 10400. The van der Waals surface area contributed by atoms with E-state index in [0.29, 0.717) is 27.5 Å². The minimum atomic E-state index is -0.778. The number of furan rings is 4. The molecule has 0 aliphatic heterocycles. The lowest BCUT2D eigenvalue weighted by Crippen LogP contribution is -2.06. The highest BCUT2D eigenvalue weighted by molar-refractivity contribution is 6.29. The molecule has 114 heavy (non-hydrogen) atoms. The molecule has 12 nitrogen and oxygen atoms in total. The van der Waals surface area contributed by atoms with Crippen molar-refractivity contribution < 1.29 is 71.1 Å². The molecule has 0 radical (unpaired) electrons. The Morgan fingerprint density at radius 1 is 0.219 bits per heavy atom. The van der Waals surface area contributed by atoms with Gasteiger partial charge in [0, 0.05) is 92.5 Å². The van der Waals surface area contributed by atoms with E-state index in [-0.39, 0.29) is 167 Å². The first-order chi connectivity index (χ1) is 72.7. The Hall–Kier alpha value is -15.7. The van der Waals surface area contributed by atoms with Gasteiger partial charge in [-0.3, -0.25) is 9.13 Å². The molecule has 0 atom stereocenters. The van der Waals surface area contributed by atoms with Gasteiger partial charge in [0.1, 0.15) is 44.7 Å². The van der Waals surface area contributed by atoms with E-state index in [1.165, 1.54) is 12.1 Å². The lowest BCUT2D eigenvalue weighted by atomic mass is 9.99. The van der Waals surface area contributed by atoms with Gasteiger partial charge in [-0.15, -0.1) is 0 Å². The molecule has 24 aromatic rings. The minimum absolute atomic E-state index is 0.0450. The standard InChI is InChI=1S/2C51H30N4O2/c1-4-14-31(15-5-1)35-21-13-25-42-45(35)38-27-26-34(30-44(38)56-42)50-52-49(33-18-8-3-9-19-33)53-51(54-50)55-40-24-11-10-20-37(40)46-41(55)28-29-43-47(46)39-23-12-22-36(48(39)57-43)32-16-6-2-7-17-32;1-4-13-31(14-5-1)34-23-25-39-44(29-34)57-43-28-27-41-47(48(39)43)37-19-10-11-21-40(37)55(41)51-53-49(33-17-8-3-9-18-33)52-50(54-51)35-24-26-38-45(30-35)56-42-22-12-20-36(46(38)42)32-15-6-2-7-16-32/h2*1-30H/i1D,4D,5D,10D,11D,12D,13D,14D,15D,20D,21D,22D,23D,24D,25D,26D,27D,28D,29D,30D;2D,3D,6D,7D,8D,9D,10D,11D,15D,16D,17D,18D,19D,21D,23D,25D,27D,28D,29D. The number of rotatable bonds is 10. The summed E-state index contributed by atoms with van der Waals surface area (Å²) in [5.41, 5.74) is -3.20. The Balaban J connectivity index is 0.000000167. The fraction of sp³-hybridized carbons (Fsp3) is 0. The fourth-order valence-electron chi connectivity index (χ4n) is 14.4. The molecule has 0 saturated heterocycles. The maximum atomic E-state index is 9.69. The number of hydrogen-bond acceptors (Lipinski definition) is 10. The summed E-state index contributed by atoms with van der Waals surface area (Å²) >= 11 is 0. The first-order valence-corrected chi connectivity index (χ1v) is 34.9. The van der Waals surface area contributed by atoms with Gasteiger partial charge in [-0.25, -0.2) is 9.97 Å². The number of nitrogens with zero attached hydrogens (tertiary/aromatic N) is 8. The van der Waals surface area contributed by atoms with Crippen LogP contribution in [-0.2, 0) is 0 Å². The molecule has 24 rings (SSSR count). The minimum Gasteiger partial charge on any atom is -0.456 e. The number of fused-ring (bicyclic) bond motifs is 20. The molecular weight excluding hydrogens is 1400 g/mol. The van der Waals surface area contributed by atoms with E-state index >= 15 is 0 Å². The van der Waals surface area contributed by atoms with Crippen LogP contribution < -0.4 is 0 Å². The predicted octanol–water partition coefficient (Wildman–Crippen LogP) is 26.9. The molecule has 0 amide bonds. The summed E-state index contributed by atoms with van der Waals surface area (Å²) in [4.78, 5) is 28.3. The van der Waals surface area contributed by atoms with Gasteiger partial charge in [-0.2, -0.15) is 19.9 Å². The van der Waals surface area contributed by atoms with Gasteiger partial charge in [0.2, 0.25) is 11.9 Å². The smallest absolute Gasteiger partial charge is 0.238 e. The molecule has 12 heteroatoms. The molecule has 0 spiro atoms. The highest BCUT2D eigenvalue weighted by Crippen LogP contribution is 2.47. The second-order valence-electron chi connectivity index (χ2n) is 25.8. The number of aromatic nitrogens is 8. The molecule has 0 aliphatic rings. The monoisotopic (exact) mass is 1500 g/mol. The third-order valence-electron chi connectivity index (χ3n) is 19.4. The van der Waals surface area contributed by atoms with Crippen molar-refractivity contribution in [1.29, 1.82) is 0 Å². The van der Waals surface area contributed by atoms with Crippen LogP contribution in [0.4, 0.5) is 0 Å². The largest absolute Gasteiger partial charge is 0.456 e. The highest BCUT2D eigenvalue weighted by Gasteiger charge is 2.27. The van der Waals surface area contributed by atoms with E-state index in [4.69, 9.17) is 65.5 Å². The molecule has 0 bridgehead atoms. The van der Waals surface area contributed by atoms with Gasteiger partial charge in [-0.05, 0) is 124 Å². The first-order valence-electron chi connectivity index (χ1n) is 54.4. The molecule has 0 aliphatic carbocycles. The van der Waals surface area contributed by atoms with Gasteiger partial charge in [0.25, 0.3) is 0 Å². The van der Waals surface area contributed by atoms with Gasteiger partial charge in [-0.1, -0.05) is 278 Å². The number of hydrogen-bond donors (Lipinski definition) is 0. The Labute approximate surface area is 704 Å². The van der Waals surface area contributed by atoms with Crippen LogP contribution in [0.2, 0.25) is 0 Å². The zero-order valence-corrected chi connectivity index (χ0v) is 57.8. The van der Waals surface area contributed by atoms with Gasteiger partial charge in [0.15, 0.2) is 23.3 Å². The topological polar surface area (TPSA) is 140 Å². The van der Waals surface area contributed by atoms with Crippen molar-refractivity contribution in [2.24, 2.45) is 0 Å². The van der Waals surface area contributed by atoms with E-state index in [1.54, 1.807) is 115 Å². The highest BCUT2D eigenvalue weighted by atomic mass is 16.3. The summed E-state index contributed by atoms with van der Waals surface area (Å²) in [5.74, 6) is -2.47. The van der Waals surface area contributed by atoms with E-state index in [0.717, 1.165) is 9.13 Å². The third kappa shape index (κ3) is 10.5. The first kappa shape index (κ1) is 36.7. The summed E-state index contributed by atoms with van der Waals surface area (Å²) in [6.45, 7) is 0. The van der Waals surface area contributed by atoms with Crippen LogP contribution >= 0.6 is 0 Å². The van der Waals surface area contributed by atoms with E-state index < -0.39 is 274 Å². The Morgan fingerprint density at radius 2 is 0.693 bits per heavy atom. The van der Waals surface area contributed by atoms with E-state index in [2.05, 4.69) is 15.0 Å². The van der Waals surface area contributed by atoms with E-state index in [1.807, 2.05) is 0 Å². The number of para-hydroxylation sites is 3. The van der Waals surface area contributed by atoms with Crippen LogP contribution in [0.5, 0.6) is 0 Å². The van der Waals surface area contributed by atoms with Crippen LogP contribution in [-0.4, -0.2) is 39.0 Å². The van der Waals surface area contributed by atoms with Gasteiger partial charge >= 0.3 is 0 Å². The second-order valence-corrected chi connectivity index (χ2v) is 25.8. The SMILES string of the molecule is [2H]c1c([2H])c([2H])c(-c2c([2H])c([2H])c([2H])c3oc4c([2H])c(-c5nc(-c6ccccc6)nc(-n6c7c([2H])c([2H])c([2H])c([2H])c7c7c8c(oc9c(-c%10ccccc%10)c([2H])c([2H])c([2H])c98)c([2H])c([2H])c76)n5)c([2H])c([2H])c4c23)c([2H])c1[2H].[2H]c1c([2H])c([2H])c(-c2nc(-c3ccc4c(c3)oc3cccc(-c5c([2H])c([2H])c([2H])c([2H])c5[2H])c34)nc(-n3c4c([2H])c([2H])c([2H])c([2H])c4c4c5c(oc6c([2H])c(-c7ccccc7)c([2H])c([2H])c65)c([2H])c([2H])c43)n2)c([2H])c1[2H]. The Morgan fingerprint density at radius 3 is 1.34 bits per heavy atom. The van der Waals surface area contributed by atoms with Crippen LogP contribution in [0.1, 0.15) is 53.5 Å². The molecule has 8 heterocycles. The van der Waals surface area contributed by atoms with Crippen LogP contribution in [0, 0.1) is 0 Å². The average molecular weight is 1500 g/mol. The van der Waals surface area contributed by atoms with Crippen molar-refractivity contribution in [3.8, 4) is 102 Å². The van der Waals surface area contributed by atoms with Crippen molar-refractivity contribution in [2.45, 2.75) is 0 Å². The molecule has 532 valence electrons. The van der Waals surface area contributed by atoms with Crippen molar-refractivity contribution in [3.05, 3.63) is 363 Å². The molecule has 8 aromatic heterocycles. The molecule has 0 N–H and O–H groups in total. The summed E-state index contributed by atoms with van der Waals surface area (Å²) in [6.07, 6.45) is 0. The van der Waals surface area contributed by atoms with Crippen LogP contribution in [0.15, 0.2) is 381 Å². The normalized spacial score (nSPS) is 16.6. The maximum absolute atomic E-state index is 9.69. The summed E-state index contributed by atoms with van der Waals surface area (Å²) in [6, 6.07) is 9.66. The summed E-state index contributed by atoms with van der Waals surface area (Å²) < 4.78 is 377. The third-order valence-corrected chi connectivity index (χ3v) is 19.4. The molecule has 0 saturated carbocycles. The van der Waals surface area contributed by atoms with Crippen molar-refractivity contribution in [1.82, 2.24) is 39.0 Å². The van der Waals surface area contributed by atoms with E-state index in [9.17, 15) is 20.6 Å².